The van der Waals surface area contributed by atoms with Gasteiger partial charge in [-0.3, -0.25) is 0 Å². The van der Waals surface area contributed by atoms with Crippen LogP contribution in [0.5, 0.6) is 0 Å². The van der Waals surface area contributed by atoms with Gasteiger partial charge in [-0.1, -0.05) is 38.5 Å². The van der Waals surface area contributed by atoms with Crippen molar-refractivity contribution in [2.45, 2.75) is 64.3 Å². The monoisotopic (exact) mass is 193 g/mol. The summed E-state index contributed by atoms with van der Waals surface area (Å²) in [6.07, 6.45) is 10.2. The van der Waals surface area contributed by atoms with Crippen molar-refractivity contribution in [2.75, 3.05) is 0 Å². The lowest BCUT2D eigenvalue weighted by Gasteiger charge is -2.23. The minimum absolute atomic E-state index is 0.146. The lowest BCUT2D eigenvalue weighted by atomic mass is 9.84. The van der Waals surface area contributed by atoms with Gasteiger partial charge in [0.25, 0.3) is 0 Å². The highest BCUT2D eigenvalue weighted by Crippen LogP contribution is 2.25. The summed E-state index contributed by atoms with van der Waals surface area (Å²) in [6.45, 7) is 2.20. The lowest BCUT2D eigenvalue weighted by Crippen LogP contribution is -2.29. The fourth-order valence-electron chi connectivity index (χ4n) is 2.07. The Morgan fingerprint density at radius 3 is 2.64 bits per heavy atom. The molecule has 0 aromatic carbocycles. The van der Waals surface area contributed by atoms with Gasteiger partial charge in [0, 0.05) is 6.42 Å². The first-order valence-corrected chi connectivity index (χ1v) is 6.08. The SMILES string of the molecule is CCCCC#CC(N)C1CCCCC1. The predicted molar refractivity (Wildman–Crippen MR) is 61.9 cm³/mol. The van der Waals surface area contributed by atoms with Crippen LogP contribution in [-0.4, -0.2) is 6.04 Å². The summed E-state index contributed by atoms with van der Waals surface area (Å²) in [5, 5.41) is 0. The molecule has 0 radical (unpaired) electrons. The van der Waals surface area contributed by atoms with Gasteiger partial charge in [-0.25, -0.2) is 0 Å². The zero-order valence-electron chi connectivity index (χ0n) is 9.39. The predicted octanol–water partition coefficient (Wildman–Crippen LogP) is 3.09. The Hall–Kier alpha value is -0.480. The van der Waals surface area contributed by atoms with E-state index in [1.165, 1.54) is 44.9 Å². The number of rotatable bonds is 3. The Kier molecular flexibility index (Phi) is 5.71. The third-order valence-corrected chi connectivity index (χ3v) is 3.08. The van der Waals surface area contributed by atoms with Crippen LogP contribution in [-0.2, 0) is 0 Å². The van der Waals surface area contributed by atoms with Crippen LogP contribution < -0.4 is 5.73 Å². The van der Waals surface area contributed by atoms with Gasteiger partial charge in [0.2, 0.25) is 0 Å². The van der Waals surface area contributed by atoms with Crippen molar-refractivity contribution in [3.05, 3.63) is 0 Å². The fourth-order valence-corrected chi connectivity index (χ4v) is 2.07. The second kappa shape index (κ2) is 6.90. The highest BCUT2D eigenvalue weighted by Gasteiger charge is 2.18. The van der Waals surface area contributed by atoms with Crippen molar-refractivity contribution >= 4 is 0 Å². The van der Waals surface area contributed by atoms with Crippen LogP contribution in [0.4, 0.5) is 0 Å². The normalized spacial score (nSPS) is 19.9. The molecule has 14 heavy (non-hydrogen) atoms. The van der Waals surface area contributed by atoms with Gasteiger partial charge >= 0.3 is 0 Å². The second-order valence-corrected chi connectivity index (χ2v) is 4.35. The molecule has 1 aliphatic rings. The lowest BCUT2D eigenvalue weighted by molar-refractivity contribution is 0.337. The van der Waals surface area contributed by atoms with Gasteiger partial charge in [-0.2, -0.15) is 0 Å². The van der Waals surface area contributed by atoms with E-state index in [1.807, 2.05) is 0 Å². The van der Waals surface area contributed by atoms with Crippen LogP contribution in [0.25, 0.3) is 0 Å². The van der Waals surface area contributed by atoms with E-state index in [0.29, 0.717) is 5.92 Å². The van der Waals surface area contributed by atoms with Crippen LogP contribution in [0.3, 0.4) is 0 Å². The van der Waals surface area contributed by atoms with Gasteiger partial charge in [-0.15, -0.1) is 5.92 Å². The average molecular weight is 193 g/mol. The van der Waals surface area contributed by atoms with Crippen molar-refractivity contribution in [3.63, 3.8) is 0 Å². The first-order chi connectivity index (χ1) is 6.84. The Labute approximate surface area is 88.5 Å². The van der Waals surface area contributed by atoms with Crippen LogP contribution in [0.2, 0.25) is 0 Å². The molecule has 0 aromatic heterocycles. The molecule has 1 fully saturated rings. The van der Waals surface area contributed by atoms with E-state index in [2.05, 4.69) is 18.8 Å². The number of nitrogens with two attached hydrogens (primary N) is 1. The van der Waals surface area contributed by atoms with Gasteiger partial charge in [0.1, 0.15) is 0 Å². The molecule has 1 nitrogen and oxygen atoms in total. The number of unbranched alkanes of at least 4 members (excludes halogenated alkanes) is 2. The van der Waals surface area contributed by atoms with Gasteiger partial charge < -0.3 is 5.73 Å². The smallest absolute Gasteiger partial charge is 0.0693 e. The maximum atomic E-state index is 6.06. The Morgan fingerprint density at radius 1 is 1.29 bits per heavy atom. The zero-order valence-corrected chi connectivity index (χ0v) is 9.39. The molecule has 0 spiro atoms. The molecule has 0 saturated heterocycles. The largest absolute Gasteiger partial charge is 0.317 e. The van der Waals surface area contributed by atoms with E-state index >= 15 is 0 Å². The minimum atomic E-state index is 0.146. The Bertz CT molecular complexity index is 193. The molecule has 2 N–H and O–H groups in total. The number of hydrogen-bond acceptors (Lipinski definition) is 1. The van der Waals surface area contributed by atoms with Gasteiger partial charge in [0.05, 0.1) is 6.04 Å². The maximum absolute atomic E-state index is 6.06. The Morgan fingerprint density at radius 2 is 2.00 bits per heavy atom. The molecule has 0 bridgehead atoms. The van der Waals surface area contributed by atoms with E-state index < -0.39 is 0 Å². The molecule has 1 atom stereocenters. The molecule has 1 heteroatoms. The summed E-state index contributed by atoms with van der Waals surface area (Å²) in [5.41, 5.74) is 6.06. The van der Waals surface area contributed by atoms with Crippen molar-refractivity contribution in [3.8, 4) is 11.8 Å². The van der Waals surface area contributed by atoms with Gasteiger partial charge in [0.15, 0.2) is 0 Å². The molecule has 0 aliphatic heterocycles. The van der Waals surface area contributed by atoms with Crippen LogP contribution >= 0.6 is 0 Å². The third-order valence-electron chi connectivity index (χ3n) is 3.08. The minimum Gasteiger partial charge on any atom is -0.317 e. The van der Waals surface area contributed by atoms with Crippen molar-refractivity contribution in [1.82, 2.24) is 0 Å². The molecular formula is C13H23N. The van der Waals surface area contributed by atoms with E-state index in [4.69, 9.17) is 5.73 Å². The first-order valence-electron chi connectivity index (χ1n) is 6.08. The molecule has 1 unspecified atom stereocenters. The van der Waals surface area contributed by atoms with Gasteiger partial charge in [-0.05, 0) is 25.2 Å². The fraction of sp³-hybridized carbons (Fsp3) is 0.846. The molecule has 1 aliphatic carbocycles. The van der Waals surface area contributed by atoms with Crippen molar-refractivity contribution in [2.24, 2.45) is 11.7 Å². The maximum Gasteiger partial charge on any atom is 0.0693 e. The average Bonchev–Trinajstić information content (AvgIpc) is 2.25. The van der Waals surface area contributed by atoms with Crippen LogP contribution in [0, 0.1) is 17.8 Å². The highest BCUT2D eigenvalue weighted by molar-refractivity contribution is 5.08. The molecule has 0 heterocycles. The van der Waals surface area contributed by atoms with Crippen molar-refractivity contribution in [1.29, 1.82) is 0 Å². The highest BCUT2D eigenvalue weighted by atomic mass is 14.6. The first kappa shape index (κ1) is 11.6. The van der Waals surface area contributed by atoms with Crippen LogP contribution in [0.1, 0.15) is 58.3 Å². The molecular weight excluding hydrogens is 170 g/mol. The summed E-state index contributed by atoms with van der Waals surface area (Å²) >= 11 is 0. The second-order valence-electron chi connectivity index (χ2n) is 4.35. The zero-order chi connectivity index (χ0) is 10.2. The summed E-state index contributed by atoms with van der Waals surface area (Å²) in [4.78, 5) is 0. The van der Waals surface area contributed by atoms with Crippen LogP contribution in [0.15, 0.2) is 0 Å². The quantitative estimate of drug-likeness (QED) is 0.541. The van der Waals surface area contributed by atoms with E-state index in [1.54, 1.807) is 0 Å². The summed E-state index contributed by atoms with van der Waals surface area (Å²) in [5.74, 6) is 7.10. The standard InChI is InChI=1S/C13H23N/c1-2-3-4-8-11-13(14)12-9-6-5-7-10-12/h12-13H,2-7,9-10,14H2,1H3. The summed E-state index contributed by atoms with van der Waals surface area (Å²) in [6, 6.07) is 0.146. The summed E-state index contributed by atoms with van der Waals surface area (Å²) in [7, 11) is 0. The van der Waals surface area contributed by atoms with Crippen molar-refractivity contribution < 1.29 is 0 Å². The topological polar surface area (TPSA) is 26.0 Å². The van der Waals surface area contributed by atoms with E-state index in [-0.39, 0.29) is 6.04 Å². The molecule has 1 rings (SSSR count). The molecule has 0 aromatic rings. The Balaban J connectivity index is 2.23. The third kappa shape index (κ3) is 4.15. The molecule has 80 valence electrons. The number of hydrogen-bond donors (Lipinski definition) is 1. The van der Waals surface area contributed by atoms with E-state index in [0.717, 1.165) is 6.42 Å². The summed E-state index contributed by atoms with van der Waals surface area (Å²) < 4.78 is 0. The van der Waals surface area contributed by atoms with E-state index in [9.17, 15) is 0 Å². The molecule has 0 amide bonds. The molecule has 1 saturated carbocycles.